The van der Waals surface area contributed by atoms with Gasteiger partial charge in [-0.15, -0.1) is 0 Å². The molecular weight excluding hydrogens is 348 g/mol. The highest BCUT2D eigenvalue weighted by Crippen LogP contribution is 2.38. The van der Waals surface area contributed by atoms with E-state index in [1.165, 1.54) is 18.0 Å². The number of aliphatic imine (C=N–C) groups is 1. The molecule has 2 aromatic heterocycles. The summed E-state index contributed by atoms with van der Waals surface area (Å²) >= 11 is 7.81. The van der Waals surface area contributed by atoms with Crippen LogP contribution in [0.5, 0.6) is 0 Å². The second-order valence-corrected chi connectivity index (χ2v) is 7.33. The number of carbonyl (C=O) groups is 1. The summed E-state index contributed by atoms with van der Waals surface area (Å²) in [5.74, 6) is 1.20. The molecule has 126 valence electrons. The summed E-state index contributed by atoms with van der Waals surface area (Å²) in [6.07, 6.45) is 3.95. The molecule has 1 atom stereocenters. The maximum absolute atomic E-state index is 12.3. The van der Waals surface area contributed by atoms with Crippen LogP contribution >= 0.6 is 23.4 Å². The molecule has 2 aromatic rings. The number of nitrogens with two attached hydrogens (primary N) is 1. The van der Waals surface area contributed by atoms with Crippen LogP contribution in [0.1, 0.15) is 40.9 Å². The molecule has 0 aliphatic carbocycles. The molecule has 2 N–H and O–H groups in total. The SMILES string of the molecule is Cc1nc(C(=O)Cc2cnc(Cl)c([C@]3(C)CCSC(N)=N3)c2)co1. The van der Waals surface area contributed by atoms with Gasteiger partial charge in [-0.3, -0.25) is 9.79 Å². The molecule has 0 spiro atoms. The molecule has 3 heterocycles. The van der Waals surface area contributed by atoms with Crippen molar-refractivity contribution in [2.75, 3.05) is 5.75 Å². The van der Waals surface area contributed by atoms with Gasteiger partial charge < -0.3 is 10.2 Å². The van der Waals surface area contributed by atoms with Gasteiger partial charge in [-0.1, -0.05) is 23.4 Å². The number of Topliss-reactive ketones (excluding diaryl/α,β-unsaturated/α-hetero) is 1. The Morgan fingerprint density at radius 3 is 3.00 bits per heavy atom. The van der Waals surface area contributed by atoms with Crippen LogP contribution in [0, 0.1) is 6.92 Å². The number of pyridine rings is 1. The number of rotatable bonds is 4. The van der Waals surface area contributed by atoms with Gasteiger partial charge in [0.1, 0.15) is 17.1 Å². The fourth-order valence-electron chi connectivity index (χ4n) is 2.61. The number of thioether (sulfide) groups is 1. The van der Waals surface area contributed by atoms with Crippen LogP contribution in [-0.2, 0) is 12.0 Å². The van der Waals surface area contributed by atoms with Gasteiger partial charge in [0.25, 0.3) is 0 Å². The van der Waals surface area contributed by atoms with Crippen LogP contribution in [0.25, 0.3) is 0 Å². The van der Waals surface area contributed by atoms with E-state index in [1.54, 1.807) is 13.1 Å². The monoisotopic (exact) mass is 364 g/mol. The van der Waals surface area contributed by atoms with Gasteiger partial charge in [0.2, 0.25) is 0 Å². The average Bonchev–Trinajstić information content (AvgIpc) is 2.95. The lowest BCUT2D eigenvalue weighted by atomic mass is 9.89. The van der Waals surface area contributed by atoms with Crippen molar-refractivity contribution in [3.63, 3.8) is 0 Å². The van der Waals surface area contributed by atoms with E-state index in [4.69, 9.17) is 21.8 Å². The Hall–Kier alpha value is -1.86. The van der Waals surface area contributed by atoms with Crippen LogP contribution in [0.3, 0.4) is 0 Å². The third-order valence-corrected chi connectivity index (χ3v) is 5.04. The molecule has 0 unspecified atom stereocenters. The smallest absolute Gasteiger partial charge is 0.191 e. The molecule has 3 rings (SSSR count). The third kappa shape index (κ3) is 3.47. The average molecular weight is 365 g/mol. The molecule has 1 aliphatic heterocycles. The molecule has 6 nitrogen and oxygen atoms in total. The summed E-state index contributed by atoms with van der Waals surface area (Å²) in [7, 11) is 0. The van der Waals surface area contributed by atoms with Crippen molar-refractivity contribution in [1.82, 2.24) is 9.97 Å². The second kappa shape index (κ2) is 6.57. The first-order valence-electron chi connectivity index (χ1n) is 7.46. The summed E-state index contributed by atoms with van der Waals surface area (Å²) in [5, 5.41) is 0.925. The number of aryl methyl sites for hydroxylation is 1. The number of carbonyl (C=O) groups excluding carboxylic acids is 1. The Morgan fingerprint density at radius 2 is 2.33 bits per heavy atom. The summed E-state index contributed by atoms with van der Waals surface area (Å²) in [5.41, 5.74) is 7.20. The predicted octanol–water partition coefficient (Wildman–Crippen LogP) is 3.12. The Bertz CT molecular complexity index is 820. The van der Waals surface area contributed by atoms with Crippen molar-refractivity contribution in [1.29, 1.82) is 0 Å². The van der Waals surface area contributed by atoms with Gasteiger partial charge in [-0.05, 0) is 25.0 Å². The van der Waals surface area contributed by atoms with E-state index in [2.05, 4.69) is 15.0 Å². The van der Waals surface area contributed by atoms with E-state index >= 15 is 0 Å². The second-order valence-electron chi connectivity index (χ2n) is 5.86. The molecular formula is C16H17ClN4O2S. The fraction of sp³-hybridized carbons (Fsp3) is 0.375. The van der Waals surface area contributed by atoms with Crippen molar-refractivity contribution in [3.05, 3.63) is 46.4 Å². The fourth-order valence-corrected chi connectivity index (χ4v) is 3.90. The summed E-state index contributed by atoms with van der Waals surface area (Å²) in [4.78, 5) is 25.1. The molecule has 24 heavy (non-hydrogen) atoms. The number of hydrogen-bond acceptors (Lipinski definition) is 7. The third-order valence-electron chi connectivity index (χ3n) is 3.94. The normalized spacial score (nSPS) is 20.7. The maximum atomic E-state index is 12.3. The standard InChI is InChI=1S/C16H17ClN4O2S/c1-9-20-12(8-23-9)13(22)6-10-5-11(14(17)19-7-10)16(2)3-4-24-15(18)21-16/h5,7-8H,3-4,6H2,1-2H3,(H2,18,21)/t16-/m0/s1. The molecule has 0 fully saturated rings. The van der Waals surface area contributed by atoms with Gasteiger partial charge in [0, 0.05) is 30.9 Å². The van der Waals surface area contributed by atoms with E-state index < -0.39 is 5.54 Å². The Kier molecular flexibility index (Phi) is 4.64. The summed E-state index contributed by atoms with van der Waals surface area (Å²) in [6.45, 7) is 3.68. The summed E-state index contributed by atoms with van der Waals surface area (Å²) < 4.78 is 5.09. The topological polar surface area (TPSA) is 94.4 Å². The first-order chi connectivity index (χ1) is 11.4. The zero-order valence-electron chi connectivity index (χ0n) is 13.4. The van der Waals surface area contributed by atoms with E-state index in [0.29, 0.717) is 21.9 Å². The molecule has 0 radical (unpaired) electrons. The van der Waals surface area contributed by atoms with Crippen molar-refractivity contribution >= 4 is 34.3 Å². The molecule has 0 aromatic carbocycles. The first-order valence-corrected chi connectivity index (χ1v) is 8.82. The zero-order chi connectivity index (χ0) is 17.3. The zero-order valence-corrected chi connectivity index (χ0v) is 14.9. The van der Waals surface area contributed by atoms with Gasteiger partial charge in [0.05, 0.1) is 5.54 Å². The lowest BCUT2D eigenvalue weighted by Crippen LogP contribution is -2.29. The number of hydrogen-bond donors (Lipinski definition) is 1. The lowest BCUT2D eigenvalue weighted by molar-refractivity contribution is 0.0988. The minimum absolute atomic E-state index is 0.130. The quantitative estimate of drug-likeness (QED) is 0.661. The van der Waals surface area contributed by atoms with Crippen molar-refractivity contribution < 1.29 is 9.21 Å². The highest BCUT2D eigenvalue weighted by atomic mass is 35.5. The number of halogens is 1. The predicted molar refractivity (Wildman–Crippen MR) is 94.6 cm³/mol. The molecule has 0 saturated heterocycles. The minimum atomic E-state index is -0.525. The van der Waals surface area contributed by atoms with Crippen LogP contribution < -0.4 is 5.73 Å². The van der Waals surface area contributed by atoms with E-state index in [9.17, 15) is 4.79 Å². The molecule has 1 aliphatic rings. The number of nitrogens with zero attached hydrogens (tertiary/aromatic N) is 3. The Balaban J connectivity index is 1.89. The highest BCUT2D eigenvalue weighted by molar-refractivity contribution is 8.13. The minimum Gasteiger partial charge on any atom is -0.449 e. The number of aromatic nitrogens is 2. The van der Waals surface area contributed by atoms with Crippen LogP contribution in [0.15, 0.2) is 27.9 Å². The highest BCUT2D eigenvalue weighted by Gasteiger charge is 2.32. The van der Waals surface area contributed by atoms with E-state index in [1.807, 2.05) is 13.0 Å². The van der Waals surface area contributed by atoms with Crippen LogP contribution in [0.2, 0.25) is 5.15 Å². The molecule has 0 amide bonds. The Labute approximate surface area is 148 Å². The maximum Gasteiger partial charge on any atom is 0.191 e. The largest absolute Gasteiger partial charge is 0.449 e. The van der Waals surface area contributed by atoms with Gasteiger partial charge in [-0.2, -0.15) is 0 Å². The number of amidine groups is 1. The van der Waals surface area contributed by atoms with Crippen LogP contribution in [0.4, 0.5) is 0 Å². The summed E-state index contributed by atoms with van der Waals surface area (Å²) in [6, 6.07) is 1.88. The molecule has 0 saturated carbocycles. The van der Waals surface area contributed by atoms with Crippen molar-refractivity contribution in [2.45, 2.75) is 32.2 Å². The van der Waals surface area contributed by atoms with Crippen molar-refractivity contribution in [3.8, 4) is 0 Å². The van der Waals surface area contributed by atoms with Crippen molar-refractivity contribution in [2.24, 2.45) is 10.7 Å². The Morgan fingerprint density at radius 1 is 1.54 bits per heavy atom. The van der Waals surface area contributed by atoms with Gasteiger partial charge >= 0.3 is 0 Å². The molecule has 0 bridgehead atoms. The van der Waals surface area contributed by atoms with E-state index in [-0.39, 0.29) is 12.2 Å². The number of ketones is 1. The molecule has 8 heteroatoms. The van der Waals surface area contributed by atoms with Gasteiger partial charge in [0.15, 0.2) is 16.8 Å². The lowest BCUT2D eigenvalue weighted by Gasteiger charge is -2.30. The van der Waals surface area contributed by atoms with E-state index in [0.717, 1.165) is 23.3 Å². The van der Waals surface area contributed by atoms with Crippen LogP contribution in [-0.4, -0.2) is 26.7 Å². The first kappa shape index (κ1) is 17.0. The van der Waals surface area contributed by atoms with Gasteiger partial charge in [-0.25, -0.2) is 9.97 Å². The number of oxazole rings is 1.